The zero-order valence-electron chi connectivity index (χ0n) is 16.2. The fourth-order valence-electron chi connectivity index (χ4n) is 3.46. The first-order chi connectivity index (χ1) is 12.4. The minimum absolute atomic E-state index is 0. The summed E-state index contributed by atoms with van der Waals surface area (Å²) in [5.74, 6) is -0.116. The summed E-state index contributed by atoms with van der Waals surface area (Å²) in [4.78, 5) is 12.9. The third kappa shape index (κ3) is 5.22. The lowest BCUT2D eigenvalue weighted by Gasteiger charge is -2.29. The molecule has 0 radical (unpaired) electrons. The van der Waals surface area contributed by atoms with Gasteiger partial charge in [0, 0.05) is 26.2 Å². The van der Waals surface area contributed by atoms with E-state index in [1.54, 1.807) is 28.6 Å². The van der Waals surface area contributed by atoms with Crippen molar-refractivity contribution < 1.29 is 13.2 Å². The molecule has 0 spiro atoms. The van der Waals surface area contributed by atoms with Crippen LogP contribution in [0.3, 0.4) is 0 Å². The molecule has 1 aromatic rings. The third-order valence-corrected chi connectivity index (χ3v) is 7.57. The molecular weight excluding hydrogens is 386 g/mol. The molecule has 1 amide bonds. The molecule has 0 unspecified atom stereocenters. The maximum atomic E-state index is 13.0. The lowest BCUT2D eigenvalue weighted by atomic mass is 9.81. The van der Waals surface area contributed by atoms with E-state index in [1.807, 2.05) is 13.8 Å². The minimum Gasteiger partial charge on any atom is -0.351 e. The van der Waals surface area contributed by atoms with Crippen LogP contribution < -0.4 is 11.1 Å². The second kappa shape index (κ2) is 10.4. The number of halogens is 1. The van der Waals surface area contributed by atoms with Gasteiger partial charge in [-0.15, -0.1) is 12.4 Å². The van der Waals surface area contributed by atoms with Crippen LogP contribution in [0, 0.1) is 5.41 Å². The number of nitrogens with one attached hydrogen (secondary N) is 1. The van der Waals surface area contributed by atoms with E-state index in [2.05, 4.69) is 5.32 Å². The molecule has 1 aliphatic heterocycles. The Morgan fingerprint density at radius 3 is 2.30 bits per heavy atom. The smallest absolute Gasteiger partial charge is 0.243 e. The Bertz CT molecular complexity index is 706. The molecule has 1 fully saturated rings. The van der Waals surface area contributed by atoms with E-state index < -0.39 is 15.4 Å². The Balaban J connectivity index is 0.00000364. The van der Waals surface area contributed by atoms with Crippen molar-refractivity contribution in [1.29, 1.82) is 0 Å². The molecule has 0 atom stereocenters. The van der Waals surface area contributed by atoms with Crippen molar-refractivity contribution in [3.05, 3.63) is 29.8 Å². The fourth-order valence-corrected chi connectivity index (χ4v) is 5.20. The van der Waals surface area contributed by atoms with Crippen LogP contribution in [0.2, 0.25) is 0 Å². The van der Waals surface area contributed by atoms with E-state index in [0.29, 0.717) is 31.5 Å². The molecule has 1 aromatic carbocycles. The Kier molecular flexibility index (Phi) is 9.21. The van der Waals surface area contributed by atoms with Gasteiger partial charge in [-0.1, -0.05) is 38.5 Å². The normalized spacial score (nSPS) is 15.8. The van der Waals surface area contributed by atoms with Crippen molar-refractivity contribution in [2.75, 3.05) is 19.6 Å². The van der Waals surface area contributed by atoms with Gasteiger partial charge >= 0.3 is 0 Å². The molecule has 3 N–H and O–H groups in total. The number of carbonyl (C=O) groups excluding carboxylic acids is 1. The number of carbonyl (C=O) groups is 1. The summed E-state index contributed by atoms with van der Waals surface area (Å²) >= 11 is 0. The Hall–Kier alpha value is -1.15. The number of nitrogens with zero attached hydrogens (tertiary/aromatic N) is 1. The number of rotatable bonds is 8. The molecule has 1 saturated heterocycles. The van der Waals surface area contributed by atoms with E-state index in [9.17, 15) is 13.2 Å². The van der Waals surface area contributed by atoms with Crippen molar-refractivity contribution in [1.82, 2.24) is 9.62 Å². The van der Waals surface area contributed by atoms with Crippen molar-refractivity contribution in [3.8, 4) is 0 Å². The maximum absolute atomic E-state index is 13.0. The third-order valence-electron chi connectivity index (χ3n) is 5.57. The van der Waals surface area contributed by atoms with Gasteiger partial charge in [-0.05, 0) is 37.3 Å². The molecule has 27 heavy (non-hydrogen) atoms. The topological polar surface area (TPSA) is 92.5 Å². The summed E-state index contributed by atoms with van der Waals surface area (Å²) in [6.45, 7) is 5.48. The first-order valence-electron chi connectivity index (χ1n) is 9.47. The van der Waals surface area contributed by atoms with Crippen molar-refractivity contribution in [2.45, 2.75) is 57.4 Å². The first-order valence-corrected chi connectivity index (χ1v) is 10.9. The summed E-state index contributed by atoms with van der Waals surface area (Å²) in [7, 11) is -3.54. The molecule has 1 heterocycles. The predicted molar refractivity (Wildman–Crippen MR) is 110 cm³/mol. The number of nitrogens with two attached hydrogens (primary N) is 1. The van der Waals surface area contributed by atoms with Gasteiger partial charge in [0.15, 0.2) is 0 Å². The highest BCUT2D eigenvalue weighted by molar-refractivity contribution is 7.89. The summed E-state index contributed by atoms with van der Waals surface area (Å²) < 4.78 is 27.6. The lowest BCUT2D eigenvalue weighted by molar-refractivity contribution is -0.131. The molecule has 2 rings (SSSR count). The van der Waals surface area contributed by atoms with Gasteiger partial charge in [-0.3, -0.25) is 4.79 Å². The zero-order valence-corrected chi connectivity index (χ0v) is 17.9. The van der Waals surface area contributed by atoms with Gasteiger partial charge in [0.1, 0.15) is 0 Å². The highest BCUT2D eigenvalue weighted by Crippen LogP contribution is 2.26. The number of hydrogen-bond acceptors (Lipinski definition) is 4. The first kappa shape index (κ1) is 23.9. The molecule has 0 bridgehead atoms. The average Bonchev–Trinajstić information content (AvgIpc) is 2.69. The van der Waals surface area contributed by atoms with Gasteiger partial charge in [-0.25, -0.2) is 8.42 Å². The van der Waals surface area contributed by atoms with Gasteiger partial charge in [0.05, 0.1) is 10.3 Å². The summed E-state index contributed by atoms with van der Waals surface area (Å²) in [6, 6.07) is 6.91. The van der Waals surface area contributed by atoms with Crippen LogP contribution in [-0.4, -0.2) is 38.3 Å². The van der Waals surface area contributed by atoms with E-state index in [1.165, 1.54) is 0 Å². The predicted octanol–water partition coefficient (Wildman–Crippen LogP) is 2.66. The standard InChI is InChI=1S/C19H31N3O3S.ClH/c1-3-19(4-2,15-20)18(23)21-14-16-10-6-7-11-17(16)26(24,25)22-12-8-5-9-13-22;/h6-7,10-11H,3-5,8-9,12-15,20H2,1-2H3,(H,21,23);1H. The Labute approximate surface area is 169 Å². The quantitative estimate of drug-likeness (QED) is 0.680. The van der Waals surface area contributed by atoms with E-state index in [0.717, 1.165) is 19.3 Å². The van der Waals surface area contributed by atoms with Crippen molar-refractivity contribution >= 4 is 28.3 Å². The summed E-state index contributed by atoms with van der Waals surface area (Å²) in [5.41, 5.74) is 5.85. The molecule has 8 heteroatoms. The molecule has 0 aromatic heterocycles. The highest BCUT2D eigenvalue weighted by Gasteiger charge is 2.33. The number of hydrogen-bond donors (Lipinski definition) is 2. The largest absolute Gasteiger partial charge is 0.351 e. The summed E-state index contributed by atoms with van der Waals surface area (Å²) in [6.07, 6.45) is 4.16. The highest BCUT2D eigenvalue weighted by atomic mass is 35.5. The molecular formula is C19H32ClN3O3S. The van der Waals surface area contributed by atoms with Crippen LogP contribution in [0.25, 0.3) is 0 Å². The Morgan fingerprint density at radius 1 is 1.15 bits per heavy atom. The monoisotopic (exact) mass is 417 g/mol. The number of piperidine rings is 1. The fraction of sp³-hybridized carbons (Fsp3) is 0.632. The number of amides is 1. The minimum atomic E-state index is -3.54. The van der Waals surface area contributed by atoms with Gasteiger partial charge in [0.2, 0.25) is 15.9 Å². The molecule has 1 aliphatic rings. The average molecular weight is 418 g/mol. The van der Waals surface area contributed by atoms with Crippen LogP contribution in [0.1, 0.15) is 51.5 Å². The zero-order chi connectivity index (χ0) is 19.2. The number of sulfonamides is 1. The molecule has 0 aliphatic carbocycles. The van der Waals surface area contributed by atoms with Crippen LogP contribution in [0.15, 0.2) is 29.2 Å². The van der Waals surface area contributed by atoms with Gasteiger partial charge in [-0.2, -0.15) is 4.31 Å². The second-order valence-electron chi connectivity index (χ2n) is 6.95. The van der Waals surface area contributed by atoms with Crippen LogP contribution in [-0.2, 0) is 21.4 Å². The van der Waals surface area contributed by atoms with Gasteiger partial charge in [0.25, 0.3) is 0 Å². The van der Waals surface area contributed by atoms with Gasteiger partial charge < -0.3 is 11.1 Å². The van der Waals surface area contributed by atoms with E-state index >= 15 is 0 Å². The molecule has 6 nitrogen and oxygen atoms in total. The number of benzene rings is 1. The van der Waals surface area contributed by atoms with Crippen LogP contribution >= 0.6 is 12.4 Å². The van der Waals surface area contributed by atoms with Crippen molar-refractivity contribution in [2.24, 2.45) is 11.1 Å². The summed E-state index contributed by atoms with van der Waals surface area (Å²) in [5, 5.41) is 2.91. The maximum Gasteiger partial charge on any atom is 0.243 e. The molecule has 154 valence electrons. The van der Waals surface area contributed by atoms with Crippen LogP contribution in [0.4, 0.5) is 0 Å². The van der Waals surface area contributed by atoms with E-state index in [4.69, 9.17) is 5.73 Å². The molecule has 0 saturated carbocycles. The lowest BCUT2D eigenvalue weighted by Crippen LogP contribution is -2.45. The second-order valence-corrected chi connectivity index (χ2v) is 8.85. The van der Waals surface area contributed by atoms with Crippen molar-refractivity contribution in [3.63, 3.8) is 0 Å². The van der Waals surface area contributed by atoms with E-state index in [-0.39, 0.29) is 36.3 Å². The Morgan fingerprint density at radius 2 is 1.74 bits per heavy atom. The van der Waals surface area contributed by atoms with Crippen LogP contribution in [0.5, 0.6) is 0 Å². The SMILES string of the molecule is CCC(CC)(CN)C(=O)NCc1ccccc1S(=O)(=O)N1CCCCC1.Cl.